The van der Waals surface area contributed by atoms with Crippen LogP contribution >= 0.6 is 0 Å². The Balaban J connectivity index is 3.21. The molecule has 0 aromatic carbocycles. The molecule has 0 bridgehead atoms. The third-order valence-corrected chi connectivity index (χ3v) is 1.77. The highest BCUT2D eigenvalue weighted by Crippen LogP contribution is 2.01. The SMILES string of the molecule is CC(C)CCCNC(=O)CCC=O. The molecular weight excluding hydrogens is 166 g/mol. The van der Waals surface area contributed by atoms with Crippen LogP contribution in [0.4, 0.5) is 0 Å². The maximum Gasteiger partial charge on any atom is 0.220 e. The van der Waals surface area contributed by atoms with Crippen molar-refractivity contribution in [3.8, 4) is 0 Å². The first-order chi connectivity index (χ1) is 6.16. The largest absolute Gasteiger partial charge is 0.356 e. The van der Waals surface area contributed by atoms with Crippen molar-refractivity contribution in [1.82, 2.24) is 5.32 Å². The Bertz CT molecular complexity index is 155. The van der Waals surface area contributed by atoms with Gasteiger partial charge in [0.1, 0.15) is 6.29 Å². The summed E-state index contributed by atoms with van der Waals surface area (Å²) in [6, 6.07) is 0. The van der Waals surface area contributed by atoms with Crippen molar-refractivity contribution in [3.63, 3.8) is 0 Å². The van der Waals surface area contributed by atoms with E-state index in [0.29, 0.717) is 18.8 Å². The van der Waals surface area contributed by atoms with Crippen molar-refractivity contribution in [2.24, 2.45) is 5.92 Å². The van der Waals surface area contributed by atoms with Crippen LogP contribution in [0, 0.1) is 5.92 Å². The van der Waals surface area contributed by atoms with Gasteiger partial charge < -0.3 is 10.1 Å². The maximum atomic E-state index is 11.0. The smallest absolute Gasteiger partial charge is 0.220 e. The molecule has 0 aliphatic carbocycles. The van der Waals surface area contributed by atoms with Crippen molar-refractivity contribution >= 4 is 12.2 Å². The number of carbonyl (C=O) groups excluding carboxylic acids is 2. The van der Waals surface area contributed by atoms with Crippen LogP contribution in [0.25, 0.3) is 0 Å². The van der Waals surface area contributed by atoms with Gasteiger partial charge in [0.15, 0.2) is 0 Å². The average molecular weight is 185 g/mol. The standard InChI is InChI=1S/C10H19NO2/c1-9(2)5-3-7-11-10(13)6-4-8-12/h8-9H,3-7H2,1-2H3,(H,11,13). The van der Waals surface area contributed by atoms with Crippen LogP contribution < -0.4 is 5.32 Å². The number of aldehydes is 1. The van der Waals surface area contributed by atoms with Crippen molar-refractivity contribution in [2.75, 3.05) is 6.54 Å². The van der Waals surface area contributed by atoms with Gasteiger partial charge >= 0.3 is 0 Å². The molecule has 3 heteroatoms. The van der Waals surface area contributed by atoms with Gasteiger partial charge in [0.25, 0.3) is 0 Å². The van der Waals surface area contributed by atoms with Gasteiger partial charge in [0.2, 0.25) is 5.91 Å². The van der Waals surface area contributed by atoms with Crippen LogP contribution in [0.1, 0.15) is 39.5 Å². The number of nitrogens with one attached hydrogen (secondary N) is 1. The van der Waals surface area contributed by atoms with Crippen LogP contribution in [0.5, 0.6) is 0 Å². The lowest BCUT2D eigenvalue weighted by Gasteiger charge is -2.05. The van der Waals surface area contributed by atoms with Crippen LogP contribution in [0.3, 0.4) is 0 Å². The van der Waals surface area contributed by atoms with Gasteiger partial charge in [0, 0.05) is 19.4 Å². The second kappa shape index (κ2) is 7.77. The number of hydrogen-bond acceptors (Lipinski definition) is 2. The molecule has 0 saturated heterocycles. The third kappa shape index (κ3) is 9.05. The molecule has 0 heterocycles. The van der Waals surface area contributed by atoms with E-state index in [4.69, 9.17) is 0 Å². The number of hydrogen-bond donors (Lipinski definition) is 1. The van der Waals surface area contributed by atoms with E-state index in [9.17, 15) is 9.59 Å². The van der Waals surface area contributed by atoms with E-state index in [0.717, 1.165) is 25.7 Å². The van der Waals surface area contributed by atoms with Crippen molar-refractivity contribution < 1.29 is 9.59 Å². The summed E-state index contributed by atoms with van der Waals surface area (Å²) in [6.07, 6.45) is 3.58. The minimum Gasteiger partial charge on any atom is -0.356 e. The van der Waals surface area contributed by atoms with Crippen LogP contribution in [0.2, 0.25) is 0 Å². The van der Waals surface area contributed by atoms with E-state index in [-0.39, 0.29) is 5.91 Å². The van der Waals surface area contributed by atoms with Crippen LogP contribution in [0.15, 0.2) is 0 Å². The molecule has 0 atom stereocenters. The first kappa shape index (κ1) is 12.1. The third-order valence-electron chi connectivity index (χ3n) is 1.77. The summed E-state index contributed by atoms with van der Waals surface area (Å²) in [4.78, 5) is 20.9. The molecular formula is C10H19NO2. The fourth-order valence-electron chi connectivity index (χ4n) is 1.02. The van der Waals surface area contributed by atoms with Crippen molar-refractivity contribution in [2.45, 2.75) is 39.5 Å². The quantitative estimate of drug-likeness (QED) is 0.483. The van der Waals surface area contributed by atoms with Crippen molar-refractivity contribution in [3.05, 3.63) is 0 Å². The maximum absolute atomic E-state index is 11.0. The molecule has 0 rings (SSSR count). The number of carbonyl (C=O) groups is 2. The zero-order valence-electron chi connectivity index (χ0n) is 8.51. The molecule has 0 aliphatic rings. The minimum atomic E-state index is -0.0177. The topological polar surface area (TPSA) is 46.2 Å². The highest BCUT2D eigenvalue weighted by atomic mass is 16.1. The van der Waals surface area contributed by atoms with E-state index in [1.54, 1.807) is 0 Å². The molecule has 13 heavy (non-hydrogen) atoms. The summed E-state index contributed by atoms with van der Waals surface area (Å²) in [5.41, 5.74) is 0. The molecule has 0 aromatic heterocycles. The lowest BCUT2D eigenvalue weighted by Crippen LogP contribution is -2.24. The normalized spacial score (nSPS) is 10.1. The molecule has 0 fully saturated rings. The molecule has 1 N–H and O–H groups in total. The molecule has 0 radical (unpaired) electrons. The molecule has 0 unspecified atom stereocenters. The predicted molar refractivity (Wildman–Crippen MR) is 52.4 cm³/mol. The number of amides is 1. The molecule has 0 saturated carbocycles. The first-order valence-corrected chi connectivity index (χ1v) is 4.87. The van der Waals surface area contributed by atoms with E-state index < -0.39 is 0 Å². The Morgan fingerprint density at radius 3 is 2.69 bits per heavy atom. The molecule has 1 amide bonds. The fourth-order valence-corrected chi connectivity index (χ4v) is 1.02. The number of rotatable bonds is 7. The Morgan fingerprint density at radius 1 is 1.46 bits per heavy atom. The lowest BCUT2D eigenvalue weighted by molar-refractivity contribution is -0.122. The highest BCUT2D eigenvalue weighted by Gasteiger charge is 1.99. The molecule has 0 spiro atoms. The van der Waals surface area contributed by atoms with Gasteiger partial charge in [0.05, 0.1) is 0 Å². The lowest BCUT2D eigenvalue weighted by atomic mass is 10.1. The molecule has 0 aliphatic heterocycles. The summed E-state index contributed by atoms with van der Waals surface area (Å²) in [7, 11) is 0. The van der Waals surface area contributed by atoms with Gasteiger partial charge in [-0.3, -0.25) is 4.79 Å². The average Bonchev–Trinajstić information content (AvgIpc) is 2.08. The van der Waals surface area contributed by atoms with Crippen LogP contribution in [-0.2, 0) is 9.59 Å². The highest BCUT2D eigenvalue weighted by molar-refractivity contribution is 5.77. The van der Waals surface area contributed by atoms with E-state index in [1.807, 2.05) is 0 Å². The Morgan fingerprint density at radius 2 is 2.15 bits per heavy atom. The second-order valence-electron chi connectivity index (χ2n) is 3.59. The molecule has 0 aromatic rings. The zero-order chi connectivity index (χ0) is 10.1. The summed E-state index contributed by atoms with van der Waals surface area (Å²) in [5.74, 6) is 0.669. The molecule has 76 valence electrons. The van der Waals surface area contributed by atoms with Gasteiger partial charge in [-0.05, 0) is 18.8 Å². The predicted octanol–water partition coefficient (Wildman–Crippen LogP) is 1.52. The van der Waals surface area contributed by atoms with Gasteiger partial charge in [-0.25, -0.2) is 0 Å². The minimum absolute atomic E-state index is 0.0177. The summed E-state index contributed by atoms with van der Waals surface area (Å²) in [5, 5.41) is 2.78. The van der Waals surface area contributed by atoms with Crippen molar-refractivity contribution in [1.29, 1.82) is 0 Å². The first-order valence-electron chi connectivity index (χ1n) is 4.87. The van der Waals surface area contributed by atoms with E-state index in [1.165, 1.54) is 0 Å². The summed E-state index contributed by atoms with van der Waals surface area (Å²) < 4.78 is 0. The Kier molecular flexibility index (Phi) is 7.26. The van der Waals surface area contributed by atoms with Gasteiger partial charge in [-0.15, -0.1) is 0 Å². The van der Waals surface area contributed by atoms with Gasteiger partial charge in [-0.2, -0.15) is 0 Å². The van der Waals surface area contributed by atoms with E-state index in [2.05, 4.69) is 19.2 Å². The Hall–Kier alpha value is -0.860. The zero-order valence-corrected chi connectivity index (χ0v) is 8.51. The van der Waals surface area contributed by atoms with E-state index >= 15 is 0 Å². The van der Waals surface area contributed by atoms with Crippen LogP contribution in [-0.4, -0.2) is 18.7 Å². The molecule has 3 nitrogen and oxygen atoms in total. The summed E-state index contributed by atoms with van der Waals surface area (Å²) in [6.45, 7) is 5.05. The fraction of sp³-hybridized carbons (Fsp3) is 0.800. The monoisotopic (exact) mass is 185 g/mol. The second-order valence-corrected chi connectivity index (χ2v) is 3.59. The Labute approximate surface area is 79.9 Å². The summed E-state index contributed by atoms with van der Waals surface area (Å²) >= 11 is 0. The van der Waals surface area contributed by atoms with Gasteiger partial charge in [-0.1, -0.05) is 13.8 Å².